The number of hydrogen-bond acceptors (Lipinski definition) is 5. The van der Waals surface area contributed by atoms with Gasteiger partial charge in [0.1, 0.15) is 15.9 Å². The first-order valence-corrected chi connectivity index (χ1v) is 8.68. The number of carbonyl (C=O) groups is 1. The molecule has 1 heterocycles. The van der Waals surface area contributed by atoms with Crippen LogP contribution in [0, 0.1) is 5.82 Å². The summed E-state index contributed by atoms with van der Waals surface area (Å²) in [6.07, 6.45) is 1.80. The maximum absolute atomic E-state index is 12.9. The van der Waals surface area contributed by atoms with E-state index in [2.05, 4.69) is 5.32 Å². The standard InChI is InChI=1S/C18H15FN2O2S2/c1-23-15-8-2-12(3-9-15)10-16-17(22)21(18(24)25-16)11-20-14-6-4-13(19)5-7-14/h2-10,20H,11H2,1H3/b16-10-. The van der Waals surface area contributed by atoms with Crippen LogP contribution >= 0.6 is 24.0 Å². The lowest BCUT2D eigenvalue weighted by molar-refractivity contribution is -0.121. The van der Waals surface area contributed by atoms with Crippen LogP contribution in [0.4, 0.5) is 10.1 Å². The fraction of sp³-hybridized carbons (Fsp3) is 0.111. The number of carbonyl (C=O) groups excluding carboxylic acids is 1. The van der Waals surface area contributed by atoms with Crippen molar-refractivity contribution >= 4 is 46.0 Å². The van der Waals surface area contributed by atoms with Crippen LogP contribution in [0.1, 0.15) is 5.56 Å². The largest absolute Gasteiger partial charge is 0.497 e. The second kappa shape index (κ2) is 7.67. The number of methoxy groups -OCH3 is 1. The van der Waals surface area contributed by atoms with E-state index in [0.29, 0.717) is 9.23 Å². The molecule has 0 aromatic heterocycles. The Kier molecular flexibility index (Phi) is 5.35. The van der Waals surface area contributed by atoms with E-state index in [1.165, 1.54) is 28.8 Å². The quantitative estimate of drug-likeness (QED) is 0.630. The number of anilines is 1. The number of ether oxygens (including phenoxy) is 1. The van der Waals surface area contributed by atoms with Gasteiger partial charge in [0, 0.05) is 5.69 Å². The Hall–Kier alpha value is -2.38. The lowest BCUT2D eigenvalue weighted by Crippen LogP contribution is -2.33. The molecule has 4 nitrogen and oxygen atoms in total. The smallest absolute Gasteiger partial charge is 0.267 e. The van der Waals surface area contributed by atoms with Crippen LogP contribution < -0.4 is 10.1 Å². The topological polar surface area (TPSA) is 41.6 Å². The average molecular weight is 374 g/mol. The normalized spacial score (nSPS) is 15.8. The van der Waals surface area contributed by atoms with E-state index >= 15 is 0 Å². The van der Waals surface area contributed by atoms with E-state index in [9.17, 15) is 9.18 Å². The molecular weight excluding hydrogens is 359 g/mol. The van der Waals surface area contributed by atoms with E-state index in [1.54, 1.807) is 25.3 Å². The number of hydrogen-bond donors (Lipinski definition) is 1. The molecule has 1 N–H and O–H groups in total. The Morgan fingerprint density at radius 2 is 1.88 bits per heavy atom. The summed E-state index contributed by atoms with van der Waals surface area (Å²) in [5, 5.41) is 3.07. The van der Waals surface area contributed by atoms with Crippen molar-refractivity contribution in [2.24, 2.45) is 0 Å². The molecule has 0 saturated carbocycles. The second-order valence-corrected chi connectivity index (χ2v) is 6.90. The lowest BCUT2D eigenvalue weighted by atomic mass is 10.2. The van der Waals surface area contributed by atoms with Crippen molar-refractivity contribution in [2.45, 2.75) is 0 Å². The van der Waals surface area contributed by atoms with Gasteiger partial charge >= 0.3 is 0 Å². The van der Waals surface area contributed by atoms with Gasteiger partial charge in [-0.15, -0.1) is 0 Å². The molecule has 0 unspecified atom stereocenters. The van der Waals surface area contributed by atoms with E-state index in [-0.39, 0.29) is 18.4 Å². The van der Waals surface area contributed by atoms with Crippen molar-refractivity contribution in [1.82, 2.24) is 4.90 Å². The number of nitrogens with one attached hydrogen (secondary N) is 1. The van der Waals surface area contributed by atoms with Crippen LogP contribution in [0.2, 0.25) is 0 Å². The van der Waals surface area contributed by atoms with Crippen molar-refractivity contribution in [3.05, 3.63) is 64.8 Å². The summed E-state index contributed by atoms with van der Waals surface area (Å²) in [5.41, 5.74) is 1.61. The van der Waals surface area contributed by atoms with Gasteiger partial charge in [-0.1, -0.05) is 36.1 Å². The molecule has 1 fully saturated rings. The first-order chi connectivity index (χ1) is 12.1. The first kappa shape index (κ1) is 17.4. The van der Waals surface area contributed by atoms with Crippen LogP contribution in [0.15, 0.2) is 53.4 Å². The highest BCUT2D eigenvalue weighted by atomic mass is 32.2. The Labute approximate surface area is 154 Å². The zero-order valence-electron chi connectivity index (χ0n) is 13.4. The minimum Gasteiger partial charge on any atom is -0.497 e. The molecule has 1 amide bonds. The molecule has 1 aliphatic heterocycles. The van der Waals surface area contributed by atoms with Gasteiger partial charge in [0.15, 0.2) is 0 Å². The minimum atomic E-state index is -0.307. The zero-order chi connectivity index (χ0) is 17.8. The summed E-state index contributed by atoms with van der Waals surface area (Å²) in [7, 11) is 1.61. The molecule has 1 saturated heterocycles. The van der Waals surface area contributed by atoms with Gasteiger partial charge < -0.3 is 10.1 Å². The Bertz CT molecular complexity index is 820. The molecule has 25 heavy (non-hydrogen) atoms. The Balaban J connectivity index is 1.68. The summed E-state index contributed by atoms with van der Waals surface area (Å²) < 4.78 is 18.5. The second-order valence-electron chi connectivity index (χ2n) is 5.22. The van der Waals surface area contributed by atoms with Crippen molar-refractivity contribution in [2.75, 3.05) is 19.1 Å². The average Bonchev–Trinajstić information content (AvgIpc) is 2.89. The molecule has 7 heteroatoms. The number of amides is 1. The molecule has 2 aromatic carbocycles. The Morgan fingerprint density at radius 1 is 1.20 bits per heavy atom. The number of rotatable bonds is 5. The summed E-state index contributed by atoms with van der Waals surface area (Å²) >= 11 is 6.56. The molecule has 3 rings (SSSR count). The summed E-state index contributed by atoms with van der Waals surface area (Å²) in [6, 6.07) is 13.4. The lowest BCUT2D eigenvalue weighted by Gasteiger charge is -2.16. The number of halogens is 1. The van der Waals surface area contributed by atoms with E-state index in [4.69, 9.17) is 17.0 Å². The van der Waals surface area contributed by atoms with Crippen LogP contribution in [0.25, 0.3) is 6.08 Å². The first-order valence-electron chi connectivity index (χ1n) is 7.45. The van der Waals surface area contributed by atoms with E-state index < -0.39 is 0 Å². The maximum atomic E-state index is 12.9. The number of benzene rings is 2. The van der Waals surface area contributed by atoms with Crippen LogP contribution in [-0.2, 0) is 4.79 Å². The van der Waals surface area contributed by atoms with Crippen LogP contribution in [0.5, 0.6) is 5.75 Å². The van der Waals surface area contributed by atoms with Gasteiger partial charge in [-0.3, -0.25) is 9.69 Å². The maximum Gasteiger partial charge on any atom is 0.267 e. The number of nitrogens with zero attached hydrogens (tertiary/aromatic N) is 1. The van der Waals surface area contributed by atoms with Crippen molar-refractivity contribution in [1.29, 1.82) is 0 Å². The van der Waals surface area contributed by atoms with Crippen molar-refractivity contribution in [3.63, 3.8) is 0 Å². The molecule has 1 aliphatic rings. The highest BCUT2D eigenvalue weighted by Crippen LogP contribution is 2.32. The van der Waals surface area contributed by atoms with Crippen LogP contribution in [0.3, 0.4) is 0 Å². The SMILES string of the molecule is COc1ccc(/C=C2\SC(=S)N(CNc3ccc(F)cc3)C2=O)cc1. The summed E-state index contributed by atoms with van der Waals surface area (Å²) in [5.74, 6) is 0.298. The van der Waals surface area contributed by atoms with Gasteiger partial charge in [-0.05, 0) is 48.0 Å². The summed E-state index contributed by atoms with van der Waals surface area (Å²) in [6.45, 7) is 0.232. The van der Waals surface area contributed by atoms with E-state index in [1.807, 2.05) is 24.3 Å². The fourth-order valence-corrected chi connectivity index (χ4v) is 3.48. The van der Waals surface area contributed by atoms with Gasteiger partial charge in [0.25, 0.3) is 5.91 Å². The molecular formula is C18H15FN2O2S2. The molecule has 0 spiro atoms. The monoisotopic (exact) mass is 374 g/mol. The molecule has 0 bridgehead atoms. The predicted octanol–water partition coefficient (Wildman–Crippen LogP) is 4.11. The number of thioether (sulfide) groups is 1. The van der Waals surface area contributed by atoms with E-state index in [0.717, 1.165) is 17.0 Å². The predicted molar refractivity (Wildman–Crippen MR) is 103 cm³/mol. The third kappa shape index (κ3) is 4.18. The zero-order valence-corrected chi connectivity index (χ0v) is 15.0. The highest BCUT2D eigenvalue weighted by molar-refractivity contribution is 8.26. The summed E-state index contributed by atoms with van der Waals surface area (Å²) in [4.78, 5) is 14.6. The number of thiocarbonyl (C=S) groups is 1. The molecule has 0 aliphatic carbocycles. The third-order valence-electron chi connectivity index (χ3n) is 3.57. The van der Waals surface area contributed by atoms with Gasteiger partial charge in [-0.25, -0.2) is 4.39 Å². The Morgan fingerprint density at radius 3 is 2.52 bits per heavy atom. The van der Waals surface area contributed by atoms with Crippen LogP contribution in [-0.4, -0.2) is 28.9 Å². The van der Waals surface area contributed by atoms with Crippen molar-refractivity contribution in [3.8, 4) is 5.75 Å². The molecule has 128 valence electrons. The van der Waals surface area contributed by atoms with Gasteiger partial charge in [-0.2, -0.15) is 0 Å². The fourth-order valence-electron chi connectivity index (χ4n) is 2.23. The highest BCUT2D eigenvalue weighted by Gasteiger charge is 2.31. The van der Waals surface area contributed by atoms with Gasteiger partial charge in [0.2, 0.25) is 0 Å². The molecule has 0 atom stereocenters. The van der Waals surface area contributed by atoms with Crippen molar-refractivity contribution < 1.29 is 13.9 Å². The molecule has 2 aromatic rings. The van der Waals surface area contributed by atoms with Gasteiger partial charge in [0.05, 0.1) is 18.7 Å². The minimum absolute atomic E-state index is 0.152. The molecule has 0 radical (unpaired) electrons. The third-order valence-corrected chi connectivity index (χ3v) is 4.95.